The molecule has 5 nitrogen and oxygen atoms in total. The van der Waals surface area contributed by atoms with Crippen LogP contribution in [0.5, 0.6) is 11.5 Å². The average Bonchev–Trinajstić information content (AvgIpc) is 2.89. The zero-order valence-electron chi connectivity index (χ0n) is 10.4. The maximum atomic E-state index is 12.2. The summed E-state index contributed by atoms with van der Waals surface area (Å²) in [6, 6.07) is 10.4. The fourth-order valence-electron chi connectivity index (χ4n) is 1.90. The van der Waals surface area contributed by atoms with Crippen molar-refractivity contribution in [2.24, 2.45) is 0 Å². The summed E-state index contributed by atoms with van der Waals surface area (Å²) in [4.78, 5) is 12.2. The predicted molar refractivity (Wildman–Crippen MR) is 79.1 cm³/mol. The van der Waals surface area contributed by atoms with Crippen LogP contribution < -0.4 is 20.5 Å². The maximum Gasteiger partial charge on any atom is 0.257 e. The summed E-state index contributed by atoms with van der Waals surface area (Å²) in [5.41, 5.74) is 7.27. The molecule has 1 heterocycles. The third kappa shape index (κ3) is 2.42. The van der Waals surface area contributed by atoms with Crippen LogP contribution in [-0.2, 0) is 0 Å². The Morgan fingerprint density at radius 1 is 1.15 bits per heavy atom. The summed E-state index contributed by atoms with van der Waals surface area (Å²) in [5, 5.41) is 2.78. The van der Waals surface area contributed by atoms with Gasteiger partial charge in [0.05, 0.1) is 5.56 Å². The van der Waals surface area contributed by atoms with Gasteiger partial charge in [-0.05, 0) is 30.3 Å². The van der Waals surface area contributed by atoms with Gasteiger partial charge in [0.1, 0.15) is 0 Å². The molecule has 0 aromatic heterocycles. The van der Waals surface area contributed by atoms with Crippen LogP contribution in [-0.4, -0.2) is 12.7 Å². The SMILES string of the molecule is Nc1ccc(Br)cc1C(=O)Nc1ccc2c(c1)OCO2. The van der Waals surface area contributed by atoms with E-state index in [2.05, 4.69) is 21.2 Å². The molecule has 2 aromatic carbocycles. The zero-order chi connectivity index (χ0) is 14.1. The Balaban J connectivity index is 1.84. The number of fused-ring (bicyclic) bond motifs is 1. The second kappa shape index (κ2) is 5.05. The molecular weight excluding hydrogens is 324 g/mol. The molecule has 0 saturated heterocycles. The van der Waals surface area contributed by atoms with Gasteiger partial charge in [0.25, 0.3) is 5.91 Å². The Labute approximate surface area is 123 Å². The topological polar surface area (TPSA) is 73.6 Å². The average molecular weight is 335 g/mol. The first-order valence-corrected chi connectivity index (χ1v) is 6.69. The summed E-state index contributed by atoms with van der Waals surface area (Å²) in [5.74, 6) is 1.01. The molecule has 1 aliphatic rings. The van der Waals surface area contributed by atoms with E-state index in [0.29, 0.717) is 28.4 Å². The van der Waals surface area contributed by atoms with Crippen LogP contribution in [0.15, 0.2) is 40.9 Å². The van der Waals surface area contributed by atoms with E-state index >= 15 is 0 Å². The third-order valence-electron chi connectivity index (χ3n) is 2.89. The van der Waals surface area contributed by atoms with Crippen molar-refractivity contribution in [1.29, 1.82) is 0 Å². The van der Waals surface area contributed by atoms with Gasteiger partial charge in [-0.3, -0.25) is 4.79 Å². The van der Waals surface area contributed by atoms with Crippen molar-refractivity contribution in [1.82, 2.24) is 0 Å². The molecule has 0 unspecified atom stereocenters. The van der Waals surface area contributed by atoms with Gasteiger partial charge in [0.2, 0.25) is 6.79 Å². The number of nitrogen functional groups attached to an aromatic ring is 1. The summed E-state index contributed by atoms with van der Waals surface area (Å²) in [6.45, 7) is 0.200. The van der Waals surface area contributed by atoms with Crippen molar-refractivity contribution < 1.29 is 14.3 Å². The van der Waals surface area contributed by atoms with E-state index in [4.69, 9.17) is 15.2 Å². The molecule has 0 radical (unpaired) electrons. The minimum Gasteiger partial charge on any atom is -0.454 e. The molecular formula is C14H11BrN2O3. The van der Waals surface area contributed by atoms with Crippen LogP contribution in [0.2, 0.25) is 0 Å². The lowest BCUT2D eigenvalue weighted by Gasteiger charge is -2.08. The molecule has 0 saturated carbocycles. The fraction of sp³-hybridized carbons (Fsp3) is 0.0714. The lowest BCUT2D eigenvalue weighted by molar-refractivity contribution is 0.102. The number of carbonyl (C=O) groups excluding carboxylic acids is 1. The number of nitrogens with two attached hydrogens (primary N) is 1. The highest BCUT2D eigenvalue weighted by atomic mass is 79.9. The second-order valence-electron chi connectivity index (χ2n) is 4.25. The number of nitrogens with one attached hydrogen (secondary N) is 1. The summed E-state index contributed by atoms with van der Waals surface area (Å²) in [7, 11) is 0. The zero-order valence-corrected chi connectivity index (χ0v) is 11.9. The van der Waals surface area contributed by atoms with Gasteiger partial charge in [-0.1, -0.05) is 15.9 Å². The molecule has 0 aliphatic carbocycles. The normalized spacial score (nSPS) is 12.2. The van der Waals surface area contributed by atoms with E-state index in [9.17, 15) is 4.79 Å². The lowest BCUT2D eigenvalue weighted by Crippen LogP contribution is -2.14. The van der Waals surface area contributed by atoms with Gasteiger partial charge in [-0.15, -0.1) is 0 Å². The van der Waals surface area contributed by atoms with Crippen LogP contribution in [0.25, 0.3) is 0 Å². The van der Waals surface area contributed by atoms with Crippen LogP contribution in [0.1, 0.15) is 10.4 Å². The third-order valence-corrected chi connectivity index (χ3v) is 3.38. The number of ether oxygens (including phenoxy) is 2. The number of carbonyl (C=O) groups is 1. The van der Waals surface area contributed by atoms with Gasteiger partial charge in [0, 0.05) is 21.9 Å². The van der Waals surface area contributed by atoms with E-state index in [0.717, 1.165) is 4.47 Å². The van der Waals surface area contributed by atoms with Gasteiger partial charge >= 0.3 is 0 Å². The van der Waals surface area contributed by atoms with Gasteiger partial charge in [-0.25, -0.2) is 0 Å². The summed E-state index contributed by atoms with van der Waals surface area (Å²) in [6.07, 6.45) is 0. The highest BCUT2D eigenvalue weighted by molar-refractivity contribution is 9.10. The smallest absolute Gasteiger partial charge is 0.257 e. The Morgan fingerprint density at radius 3 is 2.80 bits per heavy atom. The van der Waals surface area contributed by atoms with E-state index < -0.39 is 0 Å². The van der Waals surface area contributed by atoms with Crippen molar-refractivity contribution in [3.8, 4) is 11.5 Å². The minimum atomic E-state index is -0.275. The van der Waals surface area contributed by atoms with Crippen molar-refractivity contribution in [2.45, 2.75) is 0 Å². The highest BCUT2D eigenvalue weighted by Crippen LogP contribution is 2.34. The monoisotopic (exact) mass is 334 g/mol. The molecule has 2 aromatic rings. The number of hydrogen-bond acceptors (Lipinski definition) is 4. The summed E-state index contributed by atoms with van der Waals surface area (Å²) >= 11 is 3.32. The van der Waals surface area contributed by atoms with Gasteiger partial charge in [0.15, 0.2) is 11.5 Å². The summed E-state index contributed by atoms with van der Waals surface area (Å²) < 4.78 is 11.3. The molecule has 0 atom stereocenters. The predicted octanol–water partition coefficient (Wildman–Crippen LogP) is 3.01. The van der Waals surface area contributed by atoms with E-state index in [-0.39, 0.29) is 12.7 Å². The Bertz CT molecular complexity index is 688. The van der Waals surface area contributed by atoms with Crippen LogP contribution in [0.3, 0.4) is 0 Å². The minimum absolute atomic E-state index is 0.200. The molecule has 3 rings (SSSR count). The molecule has 0 spiro atoms. The van der Waals surface area contributed by atoms with Gasteiger partial charge in [-0.2, -0.15) is 0 Å². The largest absolute Gasteiger partial charge is 0.454 e. The van der Waals surface area contributed by atoms with E-state index in [1.165, 1.54) is 0 Å². The molecule has 0 fully saturated rings. The standard InChI is InChI=1S/C14H11BrN2O3/c15-8-1-3-11(16)10(5-8)14(18)17-9-2-4-12-13(6-9)20-7-19-12/h1-6H,7,16H2,(H,17,18). The Hall–Kier alpha value is -2.21. The van der Waals surface area contributed by atoms with Crippen molar-refractivity contribution in [2.75, 3.05) is 17.8 Å². The number of anilines is 2. The molecule has 1 amide bonds. The van der Waals surface area contributed by atoms with Crippen LogP contribution in [0, 0.1) is 0 Å². The molecule has 3 N–H and O–H groups in total. The first kappa shape index (κ1) is 12.8. The number of rotatable bonds is 2. The quantitative estimate of drug-likeness (QED) is 0.828. The molecule has 20 heavy (non-hydrogen) atoms. The fourth-order valence-corrected chi connectivity index (χ4v) is 2.26. The van der Waals surface area contributed by atoms with Gasteiger partial charge < -0.3 is 20.5 Å². The van der Waals surface area contributed by atoms with E-state index in [1.807, 2.05) is 0 Å². The second-order valence-corrected chi connectivity index (χ2v) is 5.17. The number of amides is 1. The van der Waals surface area contributed by atoms with Crippen molar-refractivity contribution in [3.05, 3.63) is 46.4 Å². The number of hydrogen-bond donors (Lipinski definition) is 2. The van der Waals surface area contributed by atoms with Crippen LogP contribution in [0.4, 0.5) is 11.4 Å². The molecule has 6 heteroatoms. The maximum absolute atomic E-state index is 12.2. The number of benzene rings is 2. The van der Waals surface area contributed by atoms with Crippen molar-refractivity contribution in [3.63, 3.8) is 0 Å². The van der Waals surface area contributed by atoms with E-state index in [1.54, 1.807) is 36.4 Å². The first-order valence-electron chi connectivity index (χ1n) is 5.89. The lowest BCUT2D eigenvalue weighted by atomic mass is 10.1. The first-order chi connectivity index (χ1) is 9.63. The Kier molecular flexibility index (Phi) is 3.23. The van der Waals surface area contributed by atoms with Crippen LogP contribution >= 0.6 is 15.9 Å². The molecule has 102 valence electrons. The molecule has 1 aliphatic heterocycles. The Morgan fingerprint density at radius 2 is 1.95 bits per heavy atom. The highest BCUT2D eigenvalue weighted by Gasteiger charge is 2.15. The molecule has 0 bridgehead atoms. The van der Waals surface area contributed by atoms with Crippen molar-refractivity contribution >= 4 is 33.2 Å². The number of halogens is 1.